The van der Waals surface area contributed by atoms with E-state index in [4.69, 9.17) is 4.74 Å². The smallest absolute Gasteiger partial charge is 0.254 e. The normalized spacial score (nSPS) is 13.0. The van der Waals surface area contributed by atoms with E-state index in [1.807, 2.05) is 35.2 Å². The van der Waals surface area contributed by atoms with Gasteiger partial charge in [-0.25, -0.2) is 0 Å². The molecule has 2 aromatic rings. The van der Waals surface area contributed by atoms with Gasteiger partial charge < -0.3 is 15.0 Å². The molecule has 0 atom stereocenters. The van der Waals surface area contributed by atoms with E-state index in [-0.39, 0.29) is 5.91 Å². The van der Waals surface area contributed by atoms with Crippen LogP contribution in [0.15, 0.2) is 48.5 Å². The third-order valence-electron chi connectivity index (χ3n) is 4.39. The van der Waals surface area contributed by atoms with Gasteiger partial charge in [-0.15, -0.1) is 0 Å². The Kier molecular flexibility index (Phi) is 5.49. The first kappa shape index (κ1) is 16.5. The second-order valence-corrected chi connectivity index (χ2v) is 6.07. The number of hydrogen-bond donors (Lipinski definition) is 1. The van der Waals surface area contributed by atoms with Gasteiger partial charge >= 0.3 is 0 Å². The lowest BCUT2D eigenvalue weighted by Gasteiger charge is -2.26. The van der Waals surface area contributed by atoms with Gasteiger partial charge in [0.05, 0.1) is 6.61 Å². The number of hydrogen-bond acceptors (Lipinski definition) is 3. The average molecular weight is 324 g/mol. The Bertz CT molecular complexity index is 685. The predicted molar refractivity (Wildman–Crippen MR) is 96.3 cm³/mol. The zero-order valence-corrected chi connectivity index (χ0v) is 14.1. The second-order valence-electron chi connectivity index (χ2n) is 6.07. The van der Waals surface area contributed by atoms with Crippen LogP contribution in [0, 0.1) is 0 Å². The minimum absolute atomic E-state index is 0.0800. The molecular weight excluding hydrogens is 300 g/mol. The molecule has 1 aliphatic rings. The van der Waals surface area contributed by atoms with Crippen molar-refractivity contribution in [1.82, 2.24) is 4.90 Å². The van der Waals surface area contributed by atoms with Crippen molar-refractivity contribution in [2.45, 2.75) is 19.4 Å². The molecular formula is C20H24N2O2. The number of amides is 1. The van der Waals surface area contributed by atoms with E-state index in [2.05, 4.69) is 23.5 Å². The van der Waals surface area contributed by atoms with E-state index < -0.39 is 0 Å². The molecule has 24 heavy (non-hydrogen) atoms. The van der Waals surface area contributed by atoms with E-state index in [1.54, 1.807) is 7.11 Å². The Labute approximate surface area is 143 Å². The largest absolute Gasteiger partial charge is 0.385 e. The van der Waals surface area contributed by atoms with Crippen LogP contribution in [0.1, 0.15) is 27.9 Å². The van der Waals surface area contributed by atoms with E-state index in [0.717, 1.165) is 41.8 Å². The predicted octanol–water partition coefficient (Wildman–Crippen LogP) is 3.33. The standard InChI is InChI=1S/C20H24N2O2/c1-24-14-13-22(15-16-7-3-2-4-8-16)20(23)18-9-5-11-19-17(18)10-6-12-21-19/h2-5,7-9,11,21H,6,10,12-15H2,1H3. The summed E-state index contributed by atoms with van der Waals surface area (Å²) in [6, 6.07) is 16.1. The molecule has 0 bridgehead atoms. The summed E-state index contributed by atoms with van der Waals surface area (Å²) in [4.78, 5) is 15.0. The molecule has 0 spiro atoms. The zero-order valence-electron chi connectivity index (χ0n) is 14.1. The Hall–Kier alpha value is -2.33. The van der Waals surface area contributed by atoms with E-state index in [0.29, 0.717) is 19.7 Å². The molecule has 4 heteroatoms. The average Bonchev–Trinajstić information content (AvgIpc) is 2.65. The summed E-state index contributed by atoms with van der Waals surface area (Å²) in [7, 11) is 1.67. The summed E-state index contributed by atoms with van der Waals surface area (Å²) in [6.45, 7) is 2.69. The van der Waals surface area contributed by atoms with Crippen LogP contribution in [0.5, 0.6) is 0 Å². The van der Waals surface area contributed by atoms with Crippen LogP contribution in [-0.4, -0.2) is 37.6 Å². The van der Waals surface area contributed by atoms with Crippen molar-refractivity contribution in [3.05, 3.63) is 65.2 Å². The summed E-state index contributed by atoms with van der Waals surface area (Å²) in [5.74, 6) is 0.0800. The third-order valence-corrected chi connectivity index (χ3v) is 4.39. The van der Waals surface area contributed by atoms with Gasteiger partial charge in [0.25, 0.3) is 5.91 Å². The Morgan fingerprint density at radius 2 is 2.00 bits per heavy atom. The quantitative estimate of drug-likeness (QED) is 0.886. The highest BCUT2D eigenvalue weighted by Crippen LogP contribution is 2.26. The molecule has 1 N–H and O–H groups in total. The number of ether oxygens (including phenoxy) is 1. The summed E-state index contributed by atoms with van der Waals surface area (Å²) in [6.07, 6.45) is 2.02. The van der Waals surface area contributed by atoms with Gasteiger partial charge in [-0.1, -0.05) is 36.4 Å². The van der Waals surface area contributed by atoms with E-state index >= 15 is 0 Å². The van der Waals surface area contributed by atoms with Crippen LogP contribution in [0.25, 0.3) is 0 Å². The number of carbonyl (C=O) groups excluding carboxylic acids is 1. The molecule has 1 aliphatic heterocycles. The van der Waals surface area contributed by atoms with Gasteiger partial charge in [0.1, 0.15) is 0 Å². The maximum absolute atomic E-state index is 13.2. The van der Waals surface area contributed by atoms with E-state index in [1.165, 1.54) is 0 Å². The molecule has 0 aromatic heterocycles. The highest BCUT2D eigenvalue weighted by molar-refractivity contribution is 5.97. The first-order chi connectivity index (χ1) is 11.8. The Morgan fingerprint density at radius 3 is 2.79 bits per heavy atom. The first-order valence-corrected chi connectivity index (χ1v) is 8.47. The summed E-state index contributed by atoms with van der Waals surface area (Å²) < 4.78 is 5.20. The lowest BCUT2D eigenvalue weighted by Crippen LogP contribution is -2.34. The lowest BCUT2D eigenvalue weighted by molar-refractivity contribution is 0.0679. The van der Waals surface area contributed by atoms with Crippen LogP contribution in [0.4, 0.5) is 5.69 Å². The molecule has 0 fully saturated rings. The number of methoxy groups -OCH3 is 1. The molecule has 3 rings (SSSR count). The van der Waals surface area contributed by atoms with E-state index in [9.17, 15) is 4.79 Å². The van der Waals surface area contributed by atoms with Crippen molar-refractivity contribution in [3.63, 3.8) is 0 Å². The minimum atomic E-state index is 0.0800. The highest BCUT2D eigenvalue weighted by atomic mass is 16.5. The molecule has 0 unspecified atom stereocenters. The van der Waals surface area contributed by atoms with Crippen LogP contribution < -0.4 is 5.32 Å². The molecule has 1 amide bonds. The molecule has 2 aromatic carbocycles. The topological polar surface area (TPSA) is 41.6 Å². The maximum Gasteiger partial charge on any atom is 0.254 e. The number of nitrogens with zero attached hydrogens (tertiary/aromatic N) is 1. The summed E-state index contributed by atoms with van der Waals surface area (Å²) in [5.41, 5.74) is 4.18. The van der Waals surface area contributed by atoms with Crippen LogP contribution >= 0.6 is 0 Å². The first-order valence-electron chi connectivity index (χ1n) is 8.47. The van der Waals surface area contributed by atoms with Crippen molar-refractivity contribution < 1.29 is 9.53 Å². The number of rotatable bonds is 6. The number of fused-ring (bicyclic) bond motifs is 1. The fourth-order valence-electron chi connectivity index (χ4n) is 3.14. The minimum Gasteiger partial charge on any atom is -0.385 e. The van der Waals surface area contributed by atoms with Gasteiger partial charge in [0, 0.05) is 38.0 Å². The van der Waals surface area contributed by atoms with Gasteiger partial charge in [-0.2, -0.15) is 0 Å². The molecule has 0 radical (unpaired) electrons. The monoisotopic (exact) mass is 324 g/mol. The van der Waals surface area contributed by atoms with Crippen molar-refractivity contribution in [1.29, 1.82) is 0 Å². The molecule has 1 heterocycles. The van der Waals surface area contributed by atoms with Crippen LogP contribution in [0.3, 0.4) is 0 Å². The number of nitrogens with one attached hydrogen (secondary N) is 1. The summed E-state index contributed by atoms with van der Waals surface area (Å²) >= 11 is 0. The lowest BCUT2D eigenvalue weighted by atomic mass is 9.96. The molecule has 0 aliphatic carbocycles. The van der Waals surface area contributed by atoms with Gasteiger partial charge in [-0.3, -0.25) is 4.79 Å². The van der Waals surface area contributed by atoms with Gasteiger partial charge in [0.2, 0.25) is 0 Å². The molecule has 0 saturated heterocycles. The van der Waals surface area contributed by atoms with Crippen molar-refractivity contribution in [2.24, 2.45) is 0 Å². The van der Waals surface area contributed by atoms with Gasteiger partial charge in [0.15, 0.2) is 0 Å². The SMILES string of the molecule is COCCN(Cc1ccccc1)C(=O)c1cccc2c1CCCN2. The Balaban J connectivity index is 1.85. The molecule has 4 nitrogen and oxygen atoms in total. The zero-order chi connectivity index (χ0) is 16.8. The van der Waals surface area contributed by atoms with Crippen molar-refractivity contribution in [3.8, 4) is 0 Å². The highest BCUT2D eigenvalue weighted by Gasteiger charge is 2.22. The number of benzene rings is 2. The number of anilines is 1. The molecule has 126 valence electrons. The second kappa shape index (κ2) is 7.97. The van der Waals surface area contributed by atoms with Crippen molar-refractivity contribution >= 4 is 11.6 Å². The van der Waals surface area contributed by atoms with Crippen LogP contribution in [-0.2, 0) is 17.7 Å². The maximum atomic E-state index is 13.2. The number of carbonyl (C=O) groups is 1. The van der Waals surface area contributed by atoms with Crippen molar-refractivity contribution in [2.75, 3.05) is 32.1 Å². The fraction of sp³-hybridized carbons (Fsp3) is 0.350. The molecule has 0 saturated carbocycles. The summed E-state index contributed by atoms with van der Waals surface area (Å²) in [5, 5.41) is 3.39. The van der Waals surface area contributed by atoms with Gasteiger partial charge in [-0.05, 0) is 36.1 Å². The Morgan fingerprint density at radius 1 is 1.17 bits per heavy atom. The third kappa shape index (κ3) is 3.77. The van der Waals surface area contributed by atoms with Crippen LogP contribution in [0.2, 0.25) is 0 Å². The fourth-order valence-corrected chi connectivity index (χ4v) is 3.14.